The monoisotopic (exact) mass is 298 g/mol. The van der Waals surface area contributed by atoms with Gasteiger partial charge < -0.3 is 14.8 Å². The van der Waals surface area contributed by atoms with E-state index >= 15 is 0 Å². The Morgan fingerprint density at radius 3 is 2.60 bits per heavy atom. The minimum atomic E-state index is -0.175. The van der Waals surface area contributed by atoms with Gasteiger partial charge in [0.25, 0.3) is 0 Å². The Morgan fingerprint density at radius 1 is 1.35 bits per heavy atom. The summed E-state index contributed by atoms with van der Waals surface area (Å²) < 4.78 is 11.2. The fourth-order valence-electron chi connectivity index (χ4n) is 2.86. The molecule has 1 aromatic heterocycles. The summed E-state index contributed by atoms with van der Waals surface area (Å²) >= 11 is 1.78. The molecule has 0 aliphatic heterocycles. The van der Waals surface area contributed by atoms with Gasteiger partial charge in [-0.2, -0.15) is 0 Å². The Bertz CT molecular complexity index is 402. The molecule has 0 atom stereocenters. The predicted octanol–water partition coefficient (Wildman–Crippen LogP) is 3.06. The van der Waals surface area contributed by atoms with Crippen LogP contribution in [0.4, 0.5) is 0 Å². The average molecular weight is 298 g/mol. The highest BCUT2D eigenvalue weighted by molar-refractivity contribution is 7.11. The number of hydrogen-bond donors (Lipinski definition) is 1. The molecule has 0 spiro atoms. The molecule has 1 aromatic rings. The molecule has 0 unspecified atom stereocenters. The van der Waals surface area contributed by atoms with Crippen LogP contribution in [-0.4, -0.2) is 26.3 Å². The molecule has 0 bridgehead atoms. The van der Waals surface area contributed by atoms with Gasteiger partial charge in [-0.15, -0.1) is 11.3 Å². The van der Waals surface area contributed by atoms with E-state index in [1.165, 1.54) is 17.7 Å². The van der Waals surface area contributed by atoms with Gasteiger partial charge in [0.1, 0.15) is 10.6 Å². The zero-order chi connectivity index (χ0) is 14.6. The SMILES string of the molecule is CNCc1sc(C2(OC)CCC(C)CC2)nc1COC. The first kappa shape index (κ1) is 15.9. The second-order valence-electron chi connectivity index (χ2n) is 5.73. The Hall–Kier alpha value is -0.490. The lowest BCUT2D eigenvalue weighted by atomic mass is 9.80. The molecule has 20 heavy (non-hydrogen) atoms. The lowest BCUT2D eigenvalue weighted by Gasteiger charge is -2.36. The van der Waals surface area contributed by atoms with Crippen molar-refractivity contribution in [3.63, 3.8) is 0 Å². The molecule has 1 aliphatic rings. The van der Waals surface area contributed by atoms with Crippen molar-refractivity contribution in [2.45, 2.75) is 51.4 Å². The summed E-state index contributed by atoms with van der Waals surface area (Å²) in [5.74, 6) is 0.800. The van der Waals surface area contributed by atoms with Crippen molar-refractivity contribution >= 4 is 11.3 Å². The lowest BCUT2D eigenvalue weighted by Crippen LogP contribution is -2.33. The molecule has 1 heterocycles. The van der Waals surface area contributed by atoms with E-state index in [-0.39, 0.29) is 5.60 Å². The predicted molar refractivity (Wildman–Crippen MR) is 81.9 cm³/mol. The van der Waals surface area contributed by atoms with Gasteiger partial charge >= 0.3 is 0 Å². The lowest BCUT2D eigenvalue weighted by molar-refractivity contribution is -0.0532. The second-order valence-corrected chi connectivity index (χ2v) is 6.82. The van der Waals surface area contributed by atoms with E-state index in [0.717, 1.165) is 36.0 Å². The quantitative estimate of drug-likeness (QED) is 0.876. The Labute approximate surface area is 125 Å². The maximum atomic E-state index is 5.92. The van der Waals surface area contributed by atoms with Crippen LogP contribution < -0.4 is 5.32 Å². The van der Waals surface area contributed by atoms with E-state index in [1.54, 1.807) is 18.4 Å². The Morgan fingerprint density at radius 2 is 2.05 bits per heavy atom. The van der Waals surface area contributed by atoms with Gasteiger partial charge in [-0.3, -0.25) is 0 Å². The average Bonchev–Trinajstić information content (AvgIpc) is 2.85. The smallest absolute Gasteiger partial charge is 0.125 e. The Balaban J connectivity index is 2.27. The van der Waals surface area contributed by atoms with Crippen molar-refractivity contribution in [1.29, 1.82) is 0 Å². The van der Waals surface area contributed by atoms with Gasteiger partial charge in [0, 0.05) is 25.6 Å². The van der Waals surface area contributed by atoms with Gasteiger partial charge in [0.15, 0.2) is 0 Å². The highest BCUT2D eigenvalue weighted by Crippen LogP contribution is 2.44. The van der Waals surface area contributed by atoms with Crippen LogP contribution in [0.1, 0.15) is 48.2 Å². The molecule has 1 fully saturated rings. The minimum absolute atomic E-state index is 0.175. The number of nitrogens with zero attached hydrogens (tertiary/aromatic N) is 1. The van der Waals surface area contributed by atoms with Gasteiger partial charge in [-0.05, 0) is 38.6 Å². The number of ether oxygens (including phenoxy) is 2. The van der Waals surface area contributed by atoms with E-state index in [4.69, 9.17) is 14.5 Å². The minimum Gasteiger partial charge on any atom is -0.378 e. The van der Waals surface area contributed by atoms with E-state index < -0.39 is 0 Å². The number of methoxy groups -OCH3 is 2. The molecular weight excluding hydrogens is 272 g/mol. The molecular formula is C15H26N2O2S. The number of rotatable bonds is 6. The van der Waals surface area contributed by atoms with Gasteiger partial charge in [-0.1, -0.05) is 6.92 Å². The number of nitrogens with one attached hydrogen (secondary N) is 1. The molecule has 1 N–H and O–H groups in total. The molecule has 0 aromatic carbocycles. The summed E-state index contributed by atoms with van der Waals surface area (Å²) in [5.41, 5.74) is 0.878. The Kier molecular flexibility index (Phi) is 5.55. The van der Waals surface area contributed by atoms with Crippen molar-refractivity contribution in [3.05, 3.63) is 15.6 Å². The molecule has 0 radical (unpaired) electrons. The topological polar surface area (TPSA) is 43.4 Å². The standard InChI is InChI=1S/C15H26N2O2S/c1-11-5-7-15(19-4,8-6-11)14-17-12(10-18-3)13(20-14)9-16-2/h11,16H,5-10H2,1-4H3. The highest BCUT2D eigenvalue weighted by atomic mass is 32.1. The first-order valence-electron chi connectivity index (χ1n) is 7.33. The van der Waals surface area contributed by atoms with Gasteiger partial charge in [0.05, 0.1) is 12.3 Å². The van der Waals surface area contributed by atoms with Crippen LogP contribution >= 0.6 is 11.3 Å². The van der Waals surface area contributed by atoms with Crippen LogP contribution in [-0.2, 0) is 28.2 Å². The van der Waals surface area contributed by atoms with E-state index in [2.05, 4.69) is 12.2 Å². The van der Waals surface area contributed by atoms with Crippen molar-refractivity contribution in [1.82, 2.24) is 10.3 Å². The van der Waals surface area contributed by atoms with Crippen LogP contribution in [0.25, 0.3) is 0 Å². The largest absolute Gasteiger partial charge is 0.378 e. The summed E-state index contributed by atoms with van der Waals surface area (Å²) in [6.07, 6.45) is 4.58. The third-order valence-electron chi connectivity index (χ3n) is 4.26. The van der Waals surface area contributed by atoms with E-state index in [1.807, 2.05) is 14.2 Å². The molecule has 5 heteroatoms. The normalized spacial score (nSPS) is 26.9. The molecule has 2 rings (SSSR count). The zero-order valence-electron chi connectivity index (χ0n) is 13.0. The molecule has 114 valence electrons. The molecule has 4 nitrogen and oxygen atoms in total. The first-order chi connectivity index (χ1) is 9.65. The third-order valence-corrected chi connectivity index (χ3v) is 5.54. The zero-order valence-corrected chi connectivity index (χ0v) is 13.8. The summed E-state index contributed by atoms with van der Waals surface area (Å²) in [6, 6.07) is 0. The highest BCUT2D eigenvalue weighted by Gasteiger charge is 2.39. The molecule has 1 aliphatic carbocycles. The van der Waals surface area contributed by atoms with Crippen LogP contribution in [0.15, 0.2) is 0 Å². The fraction of sp³-hybridized carbons (Fsp3) is 0.800. The molecule has 0 saturated heterocycles. The number of thiazole rings is 1. The van der Waals surface area contributed by atoms with Crippen molar-refractivity contribution in [2.24, 2.45) is 5.92 Å². The maximum absolute atomic E-state index is 5.92. The van der Waals surface area contributed by atoms with Crippen LogP contribution in [0, 0.1) is 5.92 Å². The maximum Gasteiger partial charge on any atom is 0.125 e. The first-order valence-corrected chi connectivity index (χ1v) is 8.14. The van der Waals surface area contributed by atoms with Crippen LogP contribution in [0.2, 0.25) is 0 Å². The van der Waals surface area contributed by atoms with Crippen molar-refractivity contribution in [3.8, 4) is 0 Å². The molecule has 1 saturated carbocycles. The van der Waals surface area contributed by atoms with Crippen LogP contribution in [0.3, 0.4) is 0 Å². The van der Waals surface area contributed by atoms with Gasteiger partial charge in [-0.25, -0.2) is 4.98 Å². The molecule has 0 amide bonds. The summed E-state index contributed by atoms with van der Waals surface area (Å²) in [5, 5.41) is 4.34. The van der Waals surface area contributed by atoms with Crippen molar-refractivity contribution < 1.29 is 9.47 Å². The summed E-state index contributed by atoms with van der Waals surface area (Å²) in [4.78, 5) is 6.10. The van der Waals surface area contributed by atoms with Crippen molar-refractivity contribution in [2.75, 3.05) is 21.3 Å². The summed E-state index contributed by atoms with van der Waals surface area (Å²) in [6.45, 7) is 3.74. The summed E-state index contributed by atoms with van der Waals surface area (Å²) in [7, 11) is 5.51. The number of aromatic nitrogens is 1. The van der Waals surface area contributed by atoms with Crippen LogP contribution in [0.5, 0.6) is 0 Å². The van der Waals surface area contributed by atoms with E-state index in [0.29, 0.717) is 6.61 Å². The van der Waals surface area contributed by atoms with Gasteiger partial charge in [0.2, 0.25) is 0 Å². The second kappa shape index (κ2) is 6.98. The third kappa shape index (κ3) is 3.22. The fourth-order valence-corrected chi connectivity index (χ4v) is 4.16. The van der Waals surface area contributed by atoms with E-state index in [9.17, 15) is 0 Å². The number of hydrogen-bond acceptors (Lipinski definition) is 5.